The van der Waals surface area contributed by atoms with Crippen LogP contribution in [0.25, 0.3) is 0 Å². The normalized spacial score (nSPS) is 26.2. The van der Waals surface area contributed by atoms with Crippen molar-refractivity contribution in [2.45, 2.75) is 121 Å². The van der Waals surface area contributed by atoms with Gasteiger partial charge in [-0.05, 0) is 60.1 Å². The Balaban J connectivity index is 1.60. The number of hydrogen-bond donors (Lipinski definition) is 1. The number of nitrogens with one attached hydrogen (secondary N) is 1. The molecule has 1 aromatic heterocycles. The number of nitrogens with zero attached hydrogens (tertiary/aromatic N) is 1. The number of rotatable bonds is 8. The van der Waals surface area contributed by atoms with Crippen LogP contribution < -0.4 is 11.2 Å². The van der Waals surface area contributed by atoms with Gasteiger partial charge in [0, 0.05) is 18.2 Å². The quantitative estimate of drug-likeness (QED) is 0.365. The van der Waals surface area contributed by atoms with Crippen LogP contribution in [0.4, 0.5) is 0 Å². The molecule has 2 aliphatic rings. The summed E-state index contributed by atoms with van der Waals surface area (Å²) in [6.07, 6.45) is 2.16. The first-order chi connectivity index (χ1) is 17.9. The predicted molar refractivity (Wildman–Crippen MR) is 162 cm³/mol. The fraction of sp³-hybridized carbons (Fsp3) is 0.667. The Morgan fingerprint density at radius 2 is 1.54 bits per heavy atom. The Hall–Kier alpha value is -1.79. The molecule has 7 nitrogen and oxygen atoms in total. The Kier molecular flexibility index (Phi) is 8.17. The minimum absolute atomic E-state index is 0.0380. The van der Waals surface area contributed by atoms with Crippen molar-refractivity contribution < 1.29 is 13.6 Å². The molecule has 4 rings (SSSR count). The topological polar surface area (TPSA) is 82.5 Å². The van der Waals surface area contributed by atoms with Crippen LogP contribution in [0, 0.1) is 0 Å². The van der Waals surface area contributed by atoms with E-state index in [1.165, 1.54) is 5.56 Å². The van der Waals surface area contributed by atoms with Gasteiger partial charge < -0.3 is 13.6 Å². The SMILES string of the molecule is CC(C)(C)[Si](C)(C)OC[C@H]1O[C@@H](n2cc([C@@H]3C[C@H]3c3ccccc3)c(=O)[nH]c2=O)C[C@@H]1O[Si](C)(C)C(C)(C)C. The summed E-state index contributed by atoms with van der Waals surface area (Å²) in [4.78, 5) is 28.5. The van der Waals surface area contributed by atoms with Crippen molar-refractivity contribution in [3.05, 3.63) is 68.5 Å². The minimum Gasteiger partial charge on any atom is -0.414 e. The van der Waals surface area contributed by atoms with Crippen molar-refractivity contribution in [3.63, 3.8) is 0 Å². The van der Waals surface area contributed by atoms with Crippen LogP contribution in [0.2, 0.25) is 36.3 Å². The zero-order valence-corrected chi connectivity index (χ0v) is 27.5. The molecule has 0 spiro atoms. The van der Waals surface area contributed by atoms with Crippen molar-refractivity contribution >= 4 is 16.6 Å². The molecule has 0 bridgehead atoms. The van der Waals surface area contributed by atoms with Gasteiger partial charge in [0.1, 0.15) is 12.3 Å². The summed E-state index contributed by atoms with van der Waals surface area (Å²) in [6.45, 7) is 22.7. The van der Waals surface area contributed by atoms with Crippen LogP contribution in [-0.2, 0) is 13.6 Å². The van der Waals surface area contributed by atoms with Crippen molar-refractivity contribution in [1.82, 2.24) is 9.55 Å². The highest BCUT2D eigenvalue weighted by Gasteiger charge is 2.47. The van der Waals surface area contributed by atoms with Gasteiger partial charge in [0.05, 0.1) is 12.7 Å². The Morgan fingerprint density at radius 1 is 0.923 bits per heavy atom. The fourth-order valence-corrected chi connectivity index (χ4v) is 7.17. The molecule has 2 aromatic rings. The van der Waals surface area contributed by atoms with Gasteiger partial charge in [0.25, 0.3) is 5.56 Å². The van der Waals surface area contributed by atoms with E-state index in [1.807, 2.05) is 18.2 Å². The first kappa shape index (κ1) is 30.2. The van der Waals surface area contributed by atoms with Crippen LogP contribution >= 0.6 is 0 Å². The highest BCUT2D eigenvalue weighted by atomic mass is 28.4. The lowest BCUT2D eigenvalue weighted by Gasteiger charge is -2.40. The standard InChI is InChI=1S/C30H48N2O5Si2/c1-29(2,3)38(7,8)35-19-25-24(37-39(9,10)30(4,5)6)17-26(36-25)32-18-23(27(33)31-28(32)34)22-16-21(22)20-14-12-11-13-15-20/h11-15,18,21-22,24-26H,16-17,19H2,1-10H3,(H,31,33,34)/t21-,22+,24-,25+,26+/m0/s1. The molecule has 2 heterocycles. The fourth-order valence-electron chi connectivity index (χ4n) is 4.79. The maximum absolute atomic E-state index is 13.1. The van der Waals surface area contributed by atoms with E-state index in [1.54, 1.807) is 10.8 Å². The zero-order valence-electron chi connectivity index (χ0n) is 25.5. The van der Waals surface area contributed by atoms with Gasteiger partial charge in [-0.15, -0.1) is 0 Å². The average Bonchev–Trinajstić information content (AvgIpc) is 3.51. The van der Waals surface area contributed by atoms with E-state index in [2.05, 4.69) is 84.8 Å². The minimum atomic E-state index is -2.11. The first-order valence-corrected chi connectivity index (χ1v) is 20.1. The number of benzene rings is 1. The molecule has 9 heteroatoms. The molecular weight excluding hydrogens is 525 g/mol. The molecule has 0 unspecified atom stereocenters. The maximum atomic E-state index is 13.1. The molecular formula is C30H48N2O5Si2. The third-order valence-electron chi connectivity index (χ3n) is 9.57. The molecule has 39 heavy (non-hydrogen) atoms. The Labute approximate surface area is 235 Å². The monoisotopic (exact) mass is 572 g/mol. The van der Waals surface area contributed by atoms with E-state index >= 15 is 0 Å². The number of ether oxygens (including phenoxy) is 1. The molecule has 1 aliphatic heterocycles. The summed E-state index contributed by atoms with van der Waals surface area (Å²) >= 11 is 0. The molecule has 0 amide bonds. The maximum Gasteiger partial charge on any atom is 0.330 e. The van der Waals surface area contributed by atoms with E-state index in [9.17, 15) is 9.59 Å². The van der Waals surface area contributed by atoms with Crippen molar-refractivity contribution in [1.29, 1.82) is 0 Å². The van der Waals surface area contributed by atoms with Crippen molar-refractivity contribution in [2.75, 3.05) is 6.61 Å². The number of aromatic nitrogens is 2. The second kappa shape index (κ2) is 10.6. The van der Waals surface area contributed by atoms with Crippen LogP contribution in [0.3, 0.4) is 0 Å². The summed E-state index contributed by atoms with van der Waals surface area (Å²) < 4.78 is 21.6. The molecule has 1 saturated carbocycles. The molecule has 1 aliphatic carbocycles. The van der Waals surface area contributed by atoms with E-state index in [0.29, 0.717) is 24.5 Å². The van der Waals surface area contributed by atoms with Gasteiger partial charge >= 0.3 is 5.69 Å². The third-order valence-corrected chi connectivity index (χ3v) is 18.6. The van der Waals surface area contributed by atoms with Crippen LogP contribution in [0.1, 0.15) is 83.6 Å². The van der Waals surface area contributed by atoms with Gasteiger partial charge in [0.2, 0.25) is 0 Å². The summed E-state index contributed by atoms with van der Waals surface area (Å²) in [5.41, 5.74) is 1.13. The predicted octanol–water partition coefficient (Wildman–Crippen LogP) is 6.51. The Morgan fingerprint density at radius 3 is 2.13 bits per heavy atom. The first-order valence-electron chi connectivity index (χ1n) is 14.3. The van der Waals surface area contributed by atoms with Crippen LogP contribution in [0.5, 0.6) is 0 Å². The van der Waals surface area contributed by atoms with Gasteiger partial charge in [-0.3, -0.25) is 14.3 Å². The highest BCUT2D eigenvalue weighted by Crippen LogP contribution is 2.53. The van der Waals surface area contributed by atoms with Crippen LogP contribution in [-0.4, -0.2) is 45.0 Å². The van der Waals surface area contributed by atoms with E-state index in [0.717, 1.165) is 6.42 Å². The second-order valence-electron chi connectivity index (χ2n) is 14.5. The van der Waals surface area contributed by atoms with Gasteiger partial charge in [0.15, 0.2) is 16.6 Å². The smallest absolute Gasteiger partial charge is 0.330 e. The molecule has 0 radical (unpaired) electrons. The summed E-state index contributed by atoms with van der Waals surface area (Å²) in [5, 5.41) is 0.113. The zero-order chi connectivity index (χ0) is 29.0. The number of aromatic amines is 1. The van der Waals surface area contributed by atoms with Gasteiger partial charge in [-0.2, -0.15) is 0 Å². The lowest BCUT2D eigenvalue weighted by atomic mass is 10.1. The largest absolute Gasteiger partial charge is 0.414 e. The van der Waals surface area contributed by atoms with Crippen molar-refractivity contribution in [3.8, 4) is 0 Å². The Bertz CT molecular complexity index is 1270. The summed E-state index contributed by atoms with van der Waals surface area (Å²) in [6, 6.07) is 10.3. The molecule has 2 fully saturated rings. The summed E-state index contributed by atoms with van der Waals surface area (Å²) in [5.74, 6) is 0.393. The van der Waals surface area contributed by atoms with E-state index < -0.39 is 28.6 Å². The molecule has 1 saturated heterocycles. The average molecular weight is 573 g/mol. The van der Waals surface area contributed by atoms with Crippen molar-refractivity contribution in [2.24, 2.45) is 0 Å². The van der Waals surface area contributed by atoms with E-state index in [4.69, 9.17) is 13.6 Å². The molecule has 5 atom stereocenters. The number of H-pyrrole nitrogens is 1. The van der Waals surface area contributed by atoms with Gasteiger partial charge in [-0.1, -0.05) is 71.9 Å². The lowest BCUT2D eigenvalue weighted by molar-refractivity contribution is -0.0413. The second-order valence-corrected chi connectivity index (χ2v) is 24.0. The van der Waals surface area contributed by atoms with E-state index in [-0.39, 0.29) is 33.8 Å². The third kappa shape index (κ3) is 6.43. The highest BCUT2D eigenvalue weighted by molar-refractivity contribution is 6.74. The lowest BCUT2D eigenvalue weighted by Crippen LogP contribution is -2.48. The van der Waals surface area contributed by atoms with Crippen LogP contribution in [0.15, 0.2) is 46.1 Å². The van der Waals surface area contributed by atoms with Gasteiger partial charge in [-0.25, -0.2) is 4.79 Å². The summed E-state index contributed by atoms with van der Waals surface area (Å²) in [7, 11) is -4.12. The molecule has 1 N–H and O–H groups in total. The molecule has 216 valence electrons. The molecule has 1 aromatic carbocycles. The number of hydrogen-bond acceptors (Lipinski definition) is 5.